The van der Waals surface area contributed by atoms with Gasteiger partial charge in [-0.15, -0.1) is 0 Å². The Morgan fingerprint density at radius 1 is 0.886 bits per heavy atom. The summed E-state index contributed by atoms with van der Waals surface area (Å²) in [5, 5.41) is 5.59. The van der Waals surface area contributed by atoms with Crippen LogP contribution in [-0.4, -0.2) is 38.0 Å². The largest absolute Gasteiger partial charge is 0.493 e. The van der Waals surface area contributed by atoms with Crippen molar-refractivity contribution in [2.24, 2.45) is 0 Å². The fourth-order valence-corrected chi connectivity index (χ4v) is 3.83. The summed E-state index contributed by atoms with van der Waals surface area (Å²) >= 11 is 0. The van der Waals surface area contributed by atoms with Crippen molar-refractivity contribution >= 4 is 34.8 Å². The van der Waals surface area contributed by atoms with Gasteiger partial charge in [-0.2, -0.15) is 0 Å². The van der Waals surface area contributed by atoms with Crippen molar-refractivity contribution in [1.82, 2.24) is 0 Å². The molecule has 3 amide bonds. The highest BCUT2D eigenvalue weighted by atomic mass is 16.5. The summed E-state index contributed by atoms with van der Waals surface area (Å²) in [6, 6.07) is 20.9. The third-order valence-electron chi connectivity index (χ3n) is 5.60. The lowest BCUT2D eigenvalue weighted by Gasteiger charge is -2.26. The first kappa shape index (κ1) is 23.8. The van der Waals surface area contributed by atoms with E-state index in [1.807, 2.05) is 6.07 Å². The average Bonchev–Trinajstić information content (AvgIpc) is 2.88. The van der Waals surface area contributed by atoms with E-state index in [9.17, 15) is 14.4 Å². The van der Waals surface area contributed by atoms with Gasteiger partial charge in [-0.05, 0) is 67.4 Å². The predicted octanol–water partition coefficient (Wildman–Crippen LogP) is 4.48. The molecule has 0 unspecified atom stereocenters. The number of hydrogen-bond donors (Lipinski definition) is 2. The van der Waals surface area contributed by atoms with E-state index in [0.717, 1.165) is 18.5 Å². The molecule has 3 aromatic rings. The van der Waals surface area contributed by atoms with Gasteiger partial charge in [0, 0.05) is 35.6 Å². The summed E-state index contributed by atoms with van der Waals surface area (Å²) in [7, 11) is 1.53. The molecule has 1 saturated heterocycles. The number of anilines is 3. The van der Waals surface area contributed by atoms with E-state index in [0.29, 0.717) is 41.4 Å². The Balaban J connectivity index is 1.33. The molecular weight excluding hydrogens is 446 g/mol. The van der Waals surface area contributed by atoms with E-state index < -0.39 is 0 Å². The van der Waals surface area contributed by atoms with Crippen molar-refractivity contribution in [3.8, 4) is 11.5 Å². The van der Waals surface area contributed by atoms with Crippen LogP contribution in [0, 0.1) is 0 Å². The van der Waals surface area contributed by atoms with Gasteiger partial charge in [-0.3, -0.25) is 14.4 Å². The summed E-state index contributed by atoms with van der Waals surface area (Å²) < 4.78 is 10.8. The molecule has 0 bridgehead atoms. The van der Waals surface area contributed by atoms with Gasteiger partial charge in [0.1, 0.15) is 0 Å². The number of nitrogens with one attached hydrogen (secondary N) is 2. The van der Waals surface area contributed by atoms with E-state index in [2.05, 4.69) is 10.6 Å². The molecule has 0 radical (unpaired) electrons. The van der Waals surface area contributed by atoms with Crippen LogP contribution in [0.2, 0.25) is 0 Å². The van der Waals surface area contributed by atoms with Crippen LogP contribution in [0.25, 0.3) is 0 Å². The summed E-state index contributed by atoms with van der Waals surface area (Å²) in [6.07, 6.45) is 2.46. The fraction of sp³-hybridized carbons (Fsp3) is 0.222. The van der Waals surface area contributed by atoms with Crippen LogP contribution in [0.4, 0.5) is 17.1 Å². The molecule has 1 heterocycles. The zero-order valence-corrected chi connectivity index (χ0v) is 19.5. The second kappa shape index (κ2) is 11.2. The van der Waals surface area contributed by atoms with Crippen molar-refractivity contribution in [3.05, 3.63) is 78.4 Å². The summed E-state index contributed by atoms with van der Waals surface area (Å²) in [5.74, 6) is 0.495. The van der Waals surface area contributed by atoms with Gasteiger partial charge in [0.05, 0.1) is 7.11 Å². The Morgan fingerprint density at radius 2 is 1.60 bits per heavy atom. The normalized spacial score (nSPS) is 13.2. The maximum Gasteiger partial charge on any atom is 0.262 e. The van der Waals surface area contributed by atoms with Crippen molar-refractivity contribution in [2.45, 2.75) is 19.3 Å². The lowest BCUT2D eigenvalue weighted by Crippen LogP contribution is -2.35. The van der Waals surface area contributed by atoms with E-state index in [1.54, 1.807) is 71.6 Å². The summed E-state index contributed by atoms with van der Waals surface area (Å²) in [4.78, 5) is 38.9. The number of carbonyl (C=O) groups is 3. The van der Waals surface area contributed by atoms with E-state index in [4.69, 9.17) is 9.47 Å². The number of nitrogens with zero attached hydrogens (tertiary/aromatic N) is 1. The van der Waals surface area contributed by atoms with Crippen LogP contribution in [0.3, 0.4) is 0 Å². The maximum atomic E-state index is 12.7. The Kier molecular flexibility index (Phi) is 7.62. The minimum absolute atomic E-state index is 0.112. The molecule has 8 heteroatoms. The van der Waals surface area contributed by atoms with Crippen LogP contribution >= 0.6 is 0 Å². The molecule has 0 spiro atoms. The molecule has 180 valence electrons. The minimum atomic E-state index is -0.345. The maximum absolute atomic E-state index is 12.7. The Hall–Kier alpha value is -4.33. The molecular formula is C27H27N3O5. The van der Waals surface area contributed by atoms with Crippen LogP contribution in [-0.2, 0) is 9.59 Å². The molecule has 0 saturated carbocycles. The van der Waals surface area contributed by atoms with Crippen LogP contribution < -0.4 is 25.0 Å². The zero-order valence-electron chi connectivity index (χ0n) is 19.5. The number of methoxy groups -OCH3 is 1. The van der Waals surface area contributed by atoms with Crippen molar-refractivity contribution < 1.29 is 23.9 Å². The van der Waals surface area contributed by atoms with Gasteiger partial charge in [0.25, 0.3) is 11.8 Å². The smallest absolute Gasteiger partial charge is 0.262 e. The van der Waals surface area contributed by atoms with E-state index >= 15 is 0 Å². The summed E-state index contributed by atoms with van der Waals surface area (Å²) in [6.45, 7) is 0.510. The standard InChI is InChI=1S/C27H27N3O5/c1-34-23-9-2-3-10-24(23)35-18-25(31)28-20-7-6-8-21(17-20)29-27(33)19-12-14-22(15-13-19)30-16-5-4-11-26(30)32/h2-3,6-10,12-15,17H,4-5,11,16,18H2,1H3,(H,28,31)(H,29,33). The van der Waals surface area contributed by atoms with E-state index in [1.165, 1.54) is 7.11 Å². The second-order valence-corrected chi connectivity index (χ2v) is 8.07. The van der Waals surface area contributed by atoms with Gasteiger partial charge < -0.3 is 25.0 Å². The van der Waals surface area contributed by atoms with E-state index in [-0.39, 0.29) is 24.3 Å². The van der Waals surface area contributed by atoms with Gasteiger partial charge in [-0.25, -0.2) is 0 Å². The number of ether oxygens (including phenoxy) is 2. The average molecular weight is 474 g/mol. The Bertz CT molecular complexity index is 1210. The van der Waals surface area contributed by atoms with Crippen LogP contribution in [0.15, 0.2) is 72.8 Å². The first-order valence-corrected chi connectivity index (χ1v) is 11.4. The number of para-hydroxylation sites is 2. The third kappa shape index (κ3) is 6.17. The minimum Gasteiger partial charge on any atom is -0.493 e. The molecule has 0 aromatic heterocycles. The monoisotopic (exact) mass is 473 g/mol. The lowest BCUT2D eigenvalue weighted by molar-refractivity contribution is -0.119. The van der Waals surface area contributed by atoms with Crippen molar-refractivity contribution in [2.75, 3.05) is 35.8 Å². The van der Waals surface area contributed by atoms with Gasteiger partial charge in [-0.1, -0.05) is 18.2 Å². The van der Waals surface area contributed by atoms with Crippen LogP contribution in [0.1, 0.15) is 29.6 Å². The highest BCUT2D eigenvalue weighted by molar-refractivity contribution is 6.05. The number of carbonyl (C=O) groups excluding carboxylic acids is 3. The SMILES string of the molecule is COc1ccccc1OCC(=O)Nc1cccc(NC(=O)c2ccc(N3CCCCC3=O)cc2)c1. The molecule has 0 atom stereocenters. The first-order valence-electron chi connectivity index (χ1n) is 11.4. The fourth-order valence-electron chi connectivity index (χ4n) is 3.83. The van der Waals surface area contributed by atoms with Gasteiger partial charge in [0.2, 0.25) is 5.91 Å². The number of benzene rings is 3. The Morgan fingerprint density at radius 3 is 2.31 bits per heavy atom. The van der Waals surface area contributed by atoms with Crippen LogP contribution in [0.5, 0.6) is 11.5 Å². The quantitative estimate of drug-likeness (QED) is 0.503. The lowest BCUT2D eigenvalue weighted by atomic mass is 10.1. The predicted molar refractivity (Wildman–Crippen MR) is 134 cm³/mol. The molecule has 1 aliphatic rings. The second-order valence-electron chi connectivity index (χ2n) is 8.07. The zero-order chi connectivity index (χ0) is 24.6. The molecule has 1 fully saturated rings. The topological polar surface area (TPSA) is 97.0 Å². The van der Waals surface area contributed by atoms with Gasteiger partial charge in [0.15, 0.2) is 18.1 Å². The Labute approximate surface area is 203 Å². The number of amides is 3. The molecule has 3 aromatic carbocycles. The molecule has 0 aliphatic carbocycles. The highest BCUT2D eigenvalue weighted by Gasteiger charge is 2.19. The molecule has 4 rings (SSSR count). The number of rotatable bonds is 8. The number of hydrogen-bond acceptors (Lipinski definition) is 5. The molecule has 2 N–H and O–H groups in total. The molecule has 1 aliphatic heterocycles. The van der Waals surface area contributed by atoms with Crippen molar-refractivity contribution in [1.29, 1.82) is 0 Å². The molecule has 8 nitrogen and oxygen atoms in total. The first-order chi connectivity index (χ1) is 17.0. The van der Waals surface area contributed by atoms with Gasteiger partial charge >= 0.3 is 0 Å². The number of piperidine rings is 1. The molecule has 35 heavy (non-hydrogen) atoms. The third-order valence-corrected chi connectivity index (χ3v) is 5.60. The highest BCUT2D eigenvalue weighted by Crippen LogP contribution is 2.26. The van der Waals surface area contributed by atoms with Crippen molar-refractivity contribution in [3.63, 3.8) is 0 Å². The summed E-state index contributed by atoms with van der Waals surface area (Å²) in [5.41, 5.74) is 2.33.